The van der Waals surface area contributed by atoms with Crippen LogP contribution >= 0.6 is 11.3 Å². The van der Waals surface area contributed by atoms with Crippen LogP contribution in [0, 0.1) is 6.92 Å². The van der Waals surface area contributed by atoms with Gasteiger partial charge in [0.25, 0.3) is 0 Å². The van der Waals surface area contributed by atoms with Gasteiger partial charge in [0.15, 0.2) is 0 Å². The molecule has 0 fully saturated rings. The van der Waals surface area contributed by atoms with Crippen molar-refractivity contribution in [3.63, 3.8) is 0 Å². The highest BCUT2D eigenvalue weighted by atomic mass is 32.1. The molecule has 0 saturated heterocycles. The molecule has 0 spiro atoms. The second kappa shape index (κ2) is 4.31. The largest absolute Gasteiger partial charge is 0.369 e. The highest BCUT2D eigenvalue weighted by Gasteiger charge is 1.94. The van der Waals surface area contributed by atoms with E-state index < -0.39 is 0 Å². The lowest BCUT2D eigenvalue weighted by Gasteiger charge is -1.98. The van der Waals surface area contributed by atoms with Crippen LogP contribution < -0.4 is 11.1 Å². The standard InChI is InChI=1S/C7H13N3S/c1-6-10-7(5-11-6)9-4-2-3-8/h5,9H,2-4,8H2,1H3. The quantitative estimate of drug-likeness (QED) is 0.669. The van der Waals surface area contributed by atoms with E-state index >= 15 is 0 Å². The molecule has 0 bridgehead atoms. The van der Waals surface area contributed by atoms with Gasteiger partial charge in [0.05, 0.1) is 5.01 Å². The SMILES string of the molecule is Cc1nc(NCCCN)cs1. The minimum Gasteiger partial charge on any atom is -0.369 e. The Kier molecular flexibility index (Phi) is 3.32. The first-order chi connectivity index (χ1) is 5.33. The predicted molar refractivity (Wildman–Crippen MR) is 49.0 cm³/mol. The number of nitrogens with two attached hydrogens (primary N) is 1. The van der Waals surface area contributed by atoms with Crippen LogP contribution in [-0.4, -0.2) is 18.1 Å². The molecule has 3 N–H and O–H groups in total. The molecular formula is C7H13N3S. The molecule has 0 aliphatic heterocycles. The monoisotopic (exact) mass is 171 g/mol. The van der Waals surface area contributed by atoms with Crippen LogP contribution in [0.3, 0.4) is 0 Å². The molecule has 1 rings (SSSR count). The lowest BCUT2D eigenvalue weighted by Crippen LogP contribution is -2.08. The molecule has 0 unspecified atom stereocenters. The fraction of sp³-hybridized carbons (Fsp3) is 0.571. The Hall–Kier alpha value is -0.610. The summed E-state index contributed by atoms with van der Waals surface area (Å²) < 4.78 is 0. The topological polar surface area (TPSA) is 50.9 Å². The van der Waals surface area contributed by atoms with Crippen molar-refractivity contribution >= 4 is 17.2 Å². The highest BCUT2D eigenvalue weighted by molar-refractivity contribution is 7.09. The van der Waals surface area contributed by atoms with Crippen molar-refractivity contribution in [2.45, 2.75) is 13.3 Å². The second-order valence-corrected chi connectivity index (χ2v) is 3.38. The summed E-state index contributed by atoms with van der Waals surface area (Å²) in [5.41, 5.74) is 5.34. The zero-order valence-corrected chi connectivity index (χ0v) is 7.45. The molecule has 0 radical (unpaired) electrons. The van der Waals surface area contributed by atoms with Crippen molar-refractivity contribution in [1.82, 2.24) is 4.98 Å². The molecule has 11 heavy (non-hydrogen) atoms. The van der Waals surface area contributed by atoms with Gasteiger partial charge in [-0.1, -0.05) is 0 Å². The van der Waals surface area contributed by atoms with E-state index in [0.29, 0.717) is 0 Å². The number of hydrogen-bond donors (Lipinski definition) is 2. The molecule has 0 amide bonds. The maximum absolute atomic E-state index is 5.34. The Bertz CT molecular complexity index is 209. The number of nitrogens with zero attached hydrogens (tertiary/aromatic N) is 1. The van der Waals surface area contributed by atoms with Gasteiger partial charge in [-0.15, -0.1) is 11.3 Å². The van der Waals surface area contributed by atoms with E-state index in [9.17, 15) is 0 Å². The molecular weight excluding hydrogens is 158 g/mol. The van der Waals surface area contributed by atoms with Gasteiger partial charge in [-0.3, -0.25) is 0 Å². The lowest BCUT2D eigenvalue weighted by atomic mass is 10.4. The van der Waals surface area contributed by atoms with Crippen molar-refractivity contribution in [2.24, 2.45) is 5.73 Å². The van der Waals surface area contributed by atoms with Crippen molar-refractivity contribution in [1.29, 1.82) is 0 Å². The van der Waals surface area contributed by atoms with Crippen LogP contribution in [0.2, 0.25) is 0 Å². The van der Waals surface area contributed by atoms with Crippen LogP contribution in [0.15, 0.2) is 5.38 Å². The van der Waals surface area contributed by atoms with E-state index in [1.54, 1.807) is 11.3 Å². The molecule has 0 aliphatic carbocycles. The van der Waals surface area contributed by atoms with Crippen LogP contribution in [0.4, 0.5) is 5.82 Å². The summed E-state index contributed by atoms with van der Waals surface area (Å²) in [6, 6.07) is 0. The van der Waals surface area contributed by atoms with Gasteiger partial charge < -0.3 is 11.1 Å². The molecule has 1 aromatic rings. The van der Waals surface area contributed by atoms with Crippen LogP contribution in [0.1, 0.15) is 11.4 Å². The summed E-state index contributed by atoms with van der Waals surface area (Å²) in [5.74, 6) is 0.973. The minimum absolute atomic E-state index is 0.732. The Morgan fingerprint density at radius 1 is 1.73 bits per heavy atom. The molecule has 0 saturated carbocycles. The summed E-state index contributed by atoms with van der Waals surface area (Å²) >= 11 is 1.66. The van der Waals surface area contributed by atoms with Crippen molar-refractivity contribution in [2.75, 3.05) is 18.4 Å². The maximum atomic E-state index is 5.34. The Balaban J connectivity index is 2.27. The third kappa shape index (κ3) is 2.86. The van der Waals surface area contributed by atoms with Gasteiger partial charge in [-0.05, 0) is 19.9 Å². The first kappa shape index (κ1) is 8.49. The Morgan fingerprint density at radius 3 is 3.09 bits per heavy atom. The van der Waals surface area contributed by atoms with Gasteiger partial charge in [0, 0.05) is 11.9 Å². The Morgan fingerprint density at radius 2 is 2.55 bits per heavy atom. The number of thiazole rings is 1. The summed E-state index contributed by atoms with van der Waals surface area (Å²) in [5, 5.41) is 6.30. The van der Waals surface area contributed by atoms with Gasteiger partial charge in [0.1, 0.15) is 5.82 Å². The molecule has 0 aliphatic rings. The first-order valence-electron chi connectivity index (χ1n) is 3.69. The van der Waals surface area contributed by atoms with Gasteiger partial charge in [-0.2, -0.15) is 0 Å². The number of hydrogen-bond acceptors (Lipinski definition) is 4. The highest BCUT2D eigenvalue weighted by Crippen LogP contribution is 2.11. The normalized spacial score (nSPS) is 10.0. The number of aromatic nitrogens is 1. The molecule has 4 heteroatoms. The van der Waals surface area contributed by atoms with Crippen LogP contribution in [0.25, 0.3) is 0 Å². The third-order valence-corrected chi connectivity index (χ3v) is 2.08. The molecule has 62 valence electrons. The minimum atomic E-state index is 0.732. The van der Waals surface area contributed by atoms with Crippen LogP contribution in [-0.2, 0) is 0 Å². The fourth-order valence-electron chi connectivity index (χ4n) is 0.763. The Labute approximate surface area is 70.6 Å². The molecule has 1 aromatic heterocycles. The third-order valence-electron chi connectivity index (χ3n) is 1.31. The van der Waals surface area contributed by atoms with Crippen molar-refractivity contribution in [3.05, 3.63) is 10.4 Å². The van der Waals surface area contributed by atoms with E-state index in [2.05, 4.69) is 10.3 Å². The number of nitrogens with one attached hydrogen (secondary N) is 1. The number of aryl methyl sites for hydroxylation is 1. The number of anilines is 1. The van der Waals surface area contributed by atoms with E-state index in [-0.39, 0.29) is 0 Å². The van der Waals surface area contributed by atoms with E-state index in [1.807, 2.05) is 12.3 Å². The van der Waals surface area contributed by atoms with Gasteiger partial charge in [0.2, 0.25) is 0 Å². The second-order valence-electron chi connectivity index (χ2n) is 2.32. The predicted octanol–water partition coefficient (Wildman–Crippen LogP) is 1.21. The van der Waals surface area contributed by atoms with E-state index in [1.165, 1.54) is 0 Å². The molecule has 0 aromatic carbocycles. The summed E-state index contributed by atoms with van der Waals surface area (Å²) in [7, 11) is 0. The smallest absolute Gasteiger partial charge is 0.137 e. The number of rotatable bonds is 4. The molecule has 0 atom stereocenters. The fourth-order valence-corrected chi connectivity index (χ4v) is 1.33. The van der Waals surface area contributed by atoms with Gasteiger partial charge >= 0.3 is 0 Å². The van der Waals surface area contributed by atoms with E-state index in [0.717, 1.165) is 30.3 Å². The summed E-state index contributed by atoms with van der Waals surface area (Å²) in [6.45, 7) is 3.65. The zero-order chi connectivity index (χ0) is 8.10. The average Bonchev–Trinajstić information content (AvgIpc) is 2.37. The molecule has 1 heterocycles. The van der Waals surface area contributed by atoms with Gasteiger partial charge in [-0.25, -0.2) is 4.98 Å². The van der Waals surface area contributed by atoms with Crippen LogP contribution in [0.5, 0.6) is 0 Å². The van der Waals surface area contributed by atoms with Crippen molar-refractivity contribution in [3.8, 4) is 0 Å². The molecule has 3 nitrogen and oxygen atoms in total. The maximum Gasteiger partial charge on any atom is 0.137 e. The average molecular weight is 171 g/mol. The summed E-state index contributed by atoms with van der Waals surface area (Å²) in [6.07, 6.45) is 0.997. The zero-order valence-electron chi connectivity index (χ0n) is 6.63. The first-order valence-corrected chi connectivity index (χ1v) is 4.57. The summed E-state index contributed by atoms with van der Waals surface area (Å²) in [4.78, 5) is 4.25. The van der Waals surface area contributed by atoms with Crippen molar-refractivity contribution < 1.29 is 0 Å². The van der Waals surface area contributed by atoms with E-state index in [4.69, 9.17) is 5.73 Å². The lowest BCUT2D eigenvalue weighted by molar-refractivity contribution is 0.871.